The Hall–Kier alpha value is -2.84. The van der Waals surface area contributed by atoms with Crippen molar-refractivity contribution in [1.82, 2.24) is 4.72 Å². The summed E-state index contributed by atoms with van der Waals surface area (Å²) in [5.41, 5.74) is 1.21. The first kappa shape index (κ1) is 24.3. The number of hydrogen-bond donors (Lipinski definition) is 2. The van der Waals surface area contributed by atoms with E-state index in [9.17, 15) is 13.2 Å². The van der Waals surface area contributed by atoms with E-state index in [-0.39, 0.29) is 16.8 Å². The molecule has 8 heteroatoms. The lowest BCUT2D eigenvalue weighted by molar-refractivity contribution is -0.111. The van der Waals surface area contributed by atoms with Gasteiger partial charge in [-0.3, -0.25) is 4.79 Å². The summed E-state index contributed by atoms with van der Waals surface area (Å²) >= 11 is 0. The number of methoxy groups -OCH3 is 2. The minimum absolute atomic E-state index is 0.0848. The maximum absolute atomic E-state index is 12.9. The SMILES string of the molecule is COc1cccc(/C=C/C(=O)Nc2ccc(S(=O)(=O)N[C@H](C)[C@@H]3C[C@@H]4CC[C@@H]3C4)cc2)c1OC. The molecule has 1 amide bonds. The van der Waals surface area contributed by atoms with Crippen LogP contribution < -0.4 is 19.5 Å². The Labute approximate surface area is 201 Å². The summed E-state index contributed by atoms with van der Waals surface area (Å²) in [7, 11) is -0.530. The molecule has 0 radical (unpaired) electrons. The summed E-state index contributed by atoms with van der Waals surface area (Å²) in [4.78, 5) is 12.6. The molecule has 0 unspecified atom stereocenters. The highest BCUT2D eigenvalue weighted by atomic mass is 32.2. The highest BCUT2D eigenvalue weighted by molar-refractivity contribution is 7.89. The summed E-state index contributed by atoms with van der Waals surface area (Å²) in [6.45, 7) is 1.97. The molecule has 2 fully saturated rings. The van der Waals surface area contributed by atoms with Gasteiger partial charge in [0.05, 0.1) is 19.1 Å². The smallest absolute Gasteiger partial charge is 0.248 e. The maximum Gasteiger partial charge on any atom is 0.248 e. The molecule has 2 bridgehead atoms. The Morgan fingerprint density at radius 2 is 1.82 bits per heavy atom. The normalized spacial score (nSPS) is 22.6. The van der Waals surface area contributed by atoms with Gasteiger partial charge in [-0.2, -0.15) is 0 Å². The molecule has 0 aliphatic heterocycles. The van der Waals surface area contributed by atoms with Crippen LogP contribution in [0.2, 0.25) is 0 Å². The van der Waals surface area contributed by atoms with Crippen molar-refractivity contribution in [3.63, 3.8) is 0 Å². The van der Waals surface area contributed by atoms with Gasteiger partial charge in [-0.15, -0.1) is 0 Å². The van der Waals surface area contributed by atoms with Crippen LogP contribution in [-0.2, 0) is 14.8 Å². The molecule has 2 aromatic rings. The number of carbonyl (C=O) groups excluding carboxylic acids is 1. The van der Waals surface area contributed by atoms with Crippen LogP contribution in [0.15, 0.2) is 53.4 Å². The van der Waals surface area contributed by atoms with Gasteiger partial charge in [-0.05, 0) is 80.3 Å². The first-order valence-corrected chi connectivity index (χ1v) is 13.1. The molecule has 4 rings (SSSR count). The fraction of sp³-hybridized carbons (Fsp3) is 0.423. The largest absolute Gasteiger partial charge is 0.493 e. The van der Waals surface area contributed by atoms with Gasteiger partial charge >= 0.3 is 0 Å². The summed E-state index contributed by atoms with van der Waals surface area (Å²) in [5.74, 6) is 2.60. The molecular weight excluding hydrogens is 452 g/mol. The molecule has 2 aromatic carbocycles. The first-order chi connectivity index (χ1) is 16.3. The molecule has 2 aliphatic carbocycles. The molecule has 7 nitrogen and oxygen atoms in total. The number of para-hydroxylation sites is 1. The third-order valence-electron chi connectivity index (χ3n) is 7.06. The van der Waals surface area contributed by atoms with E-state index in [4.69, 9.17) is 9.47 Å². The Morgan fingerprint density at radius 1 is 1.06 bits per heavy atom. The highest BCUT2D eigenvalue weighted by Gasteiger charge is 2.42. The Kier molecular flexibility index (Phi) is 7.28. The Bertz CT molecular complexity index is 1160. The molecule has 2 N–H and O–H groups in total. The van der Waals surface area contributed by atoms with Crippen LogP contribution in [0.25, 0.3) is 6.08 Å². The van der Waals surface area contributed by atoms with Crippen LogP contribution in [0.1, 0.15) is 38.2 Å². The lowest BCUT2D eigenvalue weighted by atomic mass is 9.84. The van der Waals surface area contributed by atoms with Gasteiger partial charge in [0.2, 0.25) is 15.9 Å². The lowest BCUT2D eigenvalue weighted by Crippen LogP contribution is -2.40. The molecule has 0 aromatic heterocycles. The number of fused-ring (bicyclic) bond motifs is 2. The van der Waals surface area contributed by atoms with Crippen molar-refractivity contribution >= 4 is 27.7 Å². The number of anilines is 1. The van der Waals surface area contributed by atoms with Gasteiger partial charge in [0.1, 0.15) is 0 Å². The van der Waals surface area contributed by atoms with Gasteiger partial charge in [0, 0.05) is 23.4 Å². The van der Waals surface area contributed by atoms with Gasteiger partial charge in [0.15, 0.2) is 11.5 Å². The monoisotopic (exact) mass is 484 g/mol. The van der Waals surface area contributed by atoms with Crippen molar-refractivity contribution in [3.8, 4) is 11.5 Å². The molecule has 182 valence electrons. The standard InChI is InChI=1S/C26H32N2O5S/c1-17(23-16-18-7-8-20(23)15-18)28-34(30,31)22-12-10-21(11-13-22)27-25(29)14-9-19-5-4-6-24(32-2)26(19)33-3/h4-6,9-14,17-18,20,23,28H,7-8,15-16H2,1-3H3,(H,27,29)/b14-9+/t17-,18-,20-,23+/m1/s1. The maximum atomic E-state index is 12.9. The Balaban J connectivity index is 1.37. The van der Waals surface area contributed by atoms with Crippen LogP contribution in [-0.4, -0.2) is 34.6 Å². The fourth-order valence-electron chi connectivity index (χ4n) is 5.42. The molecule has 0 heterocycles. The summed E-state index contributed by atoms with van der Waals surface area (Å²) in [5, 5.41) is 2.75. The van der Waals surface area contributed by atoms with Crippen molar-refractivity contribution in [2.24, 2.45) is 17.8 Å². The minimum atomic E-state index is -3.62. The van der Waals surface area contributed by atoms with Crippen molar-refractivity contribution in [3.05, 3.63) is 54.1 Å². The Morgan fingerprint density at radius 3 is 2.44 bits per heavy atom. The van der Waals surface area contributed by atoms with Crippen LogP contribution in [0.5, 0.6) is 11.5 Å². The zero-order valence-electron chi connectivity index (χ0n) is 19.8. The molecule has 0 saturated heterocycles. The van der Waals surface area contributed by atoms with Gasteiger partial charge < -0.3 is 14.8 Å². The molecular formula is C26H32N2O5S. The third-order valence-corrected chi connectivity index (χ3v) is 8.63. The van der Waals surface area contributed by atoms with E-state index in [1.54, 1.807) is 31.4 Å². The average Bonchev–Trinajstić information content (AvgIpc) is 3.46. The van der Waals surface area contributed by atoms with Crippen molar-refractivity contribution in [2.75, 3.05) is 19.5 Å². The minimum Gasteiger partial charge on any atom is -0.493 e. The van der Waals surface area contributed by atoms with E-state index in [1.165, 1.54) is 44.6 Å². The number of carbonyl (C=O) groups is 1. The van der Waals surface area contributed by atoms with Gasteiger partial charge in [-0.1, -0.05) is 18.6 Å². The van der Waals surface area contributed by atoms with E-state index in [2.05, 4.69) is 10.0 Å². The topological polar surface area (TPSA) is 93.7 Å². The van der Waals surface area contributed by atoms with E-state index in [0.717, 1.165) is 12.3 Å². The van der Waals surface area contributed by atoms with Crippen molar-refractivity contribution in [1.29, 1.82) is 0 Å². The molecule has 2 saturated carbocycles. The highest BCUT2D eigenvalue weighted by Crippen LogP contribution is 2.49. The number of benzene rings is 2. The van der Waals surface area contributed by atoms with E-state index in [1.807, 2.05) is 19.1 Å². The van der Waals surface area contributed by atoms with Crippen LogP contribution in [0, 0.1) is 17.8 Å². The van der Waals surface area contributed by atoms with E-state index >= 15 is 0 Å². The second-order valence-electron chi connectivity index (χ2n) is 9.18. The zero-order chi connectivity index (χ0) is 24.3. The molecule has 0 spiro atoms. The van der Waals surface area contributed by atoms with Crippen LogP contribution >= 0.6 is 0 Å². The predicted octanol–water partition coefficient (Wildman–Crippen LogP) is 4.46. The van der Waals surface area contributed by atoms with E-state index < -0.39 is 10.0 Å². The second kappa shape index (κ2) is 10.2. The summed E-state index contributed by atoms with van der Waals surface area (Å²) < 4.78 is 39.3. The number of sulfonamides is 1. The lowest BCUT2D eigenvalue weighted by Gasteiger charge is -2.28. The average molecular weight is 485 g/mol. The van der Waals surface area contributed by atoms with Gasteiger partial charge in [-0.25, -0.2) is 13.1 Å². The number of hydrogen-bond acceptors (Lipinski definition) is 5. The summed E-state index contributed by atoms with van der Waals surface area (Å²) in [6.07, 6.45) is 7.89. The number of amides is 1. The van der Waals surface area contributed by atoms with Crippen molar-refractivity contribution in [2.45, 2.75) is 43.5 Å². The second-order valence-corrected chi connectivity index (χ2v) is 10.9. The number of ether oxygens (including phenoxy) is 2. The quantitative estimate of drug-likeness (QED) is 0.513. The molecule has 2 aliphatic rings. The fourth-order valence-corrected chi connectivity index (χ4v) is 6.71. The van der Waals surface area contributed by atoms with Gasteiger partial charge in [0.25, 0.3) is 0 Å². The van der Waals surface area contributed by atoms with Crippen LogP contribution in [0.3, 0.4) is 0 Å². The number of nitrogens with one attached hydrogen (secondary N) is 2. The predicted molar refractivity (Wildman–Crippen MR) is 132 cm³/mol. The number of rotatable bonds is 9. The third kappa shape index (κ3) is 5.28. The molecule has 4 atom stereocenters. The first-order valence-electron chi connectivity index (χ1n) is 11.6. The van der Waals surface area contributed by atoms with Crippen LogP contribution in [0.4, 0.5) is 5.69 Å². The summed E-state index contributed by atoms with van der Waals surface area (Å²) in [6, 6.07) is 11.5. The zero-order valence-corrected chi connectivity index (χ0v) is 20.6. The van der Waals surface area contributed by atoms with Crippen molar-refractivity contribution < 1.29 is 22.7 Å². The molecule has 34 heavy (non-hydrogen) atoms. The van der Waals surface area contributed by atoms with E-state index in [0.29, 0.717) is 34.6 Å².